The highest BCUT2D eigenvalue weighted by molar-refractivity contribution is 7.13. The van der Waals surface area contributed by atoms with Gasteiger partial charge < -0.3 is 5.32 Å². The zero-order chi connectivity index (χ0) is 10.9. The Bertz CT molecular complexity index is 330. The molecular weight excluding hydrogens is 196 g/mol. The van der Waals surface area contributed by atoms with E-state index < -0.39 is 0 Å². The average molecular weight is 212 g/mol. The van der Waals surface area contributed by atoms with Gasteiger partial charge in [0.05, 0.1) is 5.69 Å². The van der Waals surface area contributed by atoms with Gasteiger partial charge in [-0.15, -0.1) is 11.3 Å². The van der Waals surface area contributed by atoms with E-state index in [2.05, 4.69) is 10.3 Å². The molecule has 0 atom stereocenters. The van der Waals surface area contributed by atoms with Crippen molar-refractivity contribution in [2.75, 3.05) is 0 Å². The van der Waals surface area contributed by atoms with E-state index >= 15 is 0 Å². The van der Waals surface area contributed by atoms with E-state index in [9.17, 15) is 4.79 Å². The van der Waals surface area contributed by atoms with Crippen molar-refractivity contribution in [3.63, 3.8) is 0 Å². The van der Waals surface area contributed by atoms with Crippen molar-refractivity contribution >= 4 is 17.2 Å². The van der Waals surface area contributed by atoms with Crippen LogP contribution < -0.4 is 5.32 Å². The summed E-state index contributed by atoms with van der Waals surface area (Å²) in [5, 5.41) is 3.44. The molecule has 1 N–H and O–H groups in total. The molecule has 0 aliphatic carbocycles. The molecule has 0 saturated carbocycles. The first-order valence-electron chi connectivity index (χ1n) is 4.56. The zero-order valence-electron chi connectivity index (χ0n) is 9.26. The van der Waals surface area contributed by atoms with E-state index in [-0.39, 0.29) is 11.4 Å². The second-order valence-corrected chi connectivity index (χ2v) is 5.57. The minimum atomic E-state index is -0.204. The standard InChI is InChI=1S/C10H16N2OS/c1-6-7(2)14-9(11-6)8(13)12-10(3,4)5/h1-5H3,(H,12,13). The van der Waals surface area contributed by atoms with Crippen molar-refractivity contribution in [1.29, 1.82) is 0 Å². The molecule has 1 amide bonds. The van der Waals surface area contributed by atoms with Crippen molar-refractivity contribution in [2.24, 2.45) is 0 Å². The first-order chi connectivity index (χ1) is 6.29. The van der Waals surface area contributed by atoms with Crippen molar-refractivity contribution in [2.45, 2.75) is 40.2 Å². The van der Waals surface area contributed by atoms with Crippen LogP contribution in [0.5, 0.6) is 0 Å². The second-order valence-electron chi connectivity index (χ2n) is 4.36. The molecule has 0 unspecified atom stereocenters. The Labute approximate surface area is 88.6 Å². The Morgan fingerprint density at radius 3 is 2.29 bits per heavy atom. The van der Waals surface area contributed by atoms with Gasteiger partial charge in [-0.1, -0.05) is 0 Å². The lowest BCUT2D eigenvalue weighted by Crippen LogP contribution is -2.40. The van der Waals surface area contributed by atoms with E-state index in [0.717, 1.165) is 10.6 Å². The fourth-order valence-electron chi connectivity index (χ4n) is 0.964. The molecule has 0 aliphatic rings. The number of amides is 1. The van der Waals surface area contributed by atoms with Gasteiger partial charge in [-0.2, -0.15) is 0 Å². The molecular formula is C10H16N2OS. The van der Waals surface area contributed by atoms with Crippen LogP contribution in [0.15, 0.2) is 0 Å². The molecule has 1 heterocycles. The van der Waals surface area contributed by atoms with Crippen LogP contribution >= 0.6 is 11.3 Å². The maximum Gasteiger partial charge on any atom is 0.280 e. The maximum atomic E-state index is 11.7. The SMILES string of the molecule is Cc1nc(C(=O)NC(C)(C)C)sc1C. The molecule has 78 valence electrons. The molecule has 4 heteroatoms. The van der Waals surface area contributed by atoms with Gasteiger partial charge >= 0.3 is 0 Å². The van der Waals surface area contributed by atoms with E-state index in [0.29, 0.717) is 5.01 Å². The Balaban J connectivity index is 2.80. The first kappa shape index (κ1) is 11.2. The largest absolute Gasteiger partial charge is 0.345 e. The van der Waals surface area contributed by atoms with Gasteiger partial charge in [-0.05, 0) is 34.6 Å². The fraction of sp³-hybridized carbons (Fsp3) is 0.600. The molecule has 0 saturated heterocycles. The second kappa shape index (κ2) is 3.69. The molecule has 0 aromatic carbocycles. The number of aromatic nitrogens is 1. The van der Waals surface area contributed by atoms with Gasteiger partial charge in [-0.3, -0.25) is 4.79 Å². The first-order valence-corrected chi connectivity index (χ1v) is 5.38. The predicted octanol–water partition coefficient (Wildman–Crippen LogP) is 2.29. The van der Waals surface area contributed by atoms with Crippen molar-refractivity contribution < 1.29 is 4.79 Å². The van der Waals surface area contributed by atoms with Crippen LogP contribution in [-0.2, 0) is 0 Å². The number of thiazole rings is 1. The number of nitrogens with zero attached hydrogens (tertiary/aromatic N) is 1. The Morgan fingerprint density at radius 2 is 1.93 bits per heavy atom. The van der Waals surface area contributed by atoms with E-state index in [1.807, 2.05) is 34.6 Å². The van der Waals surface area contributed by atoms with E-state index in [1.54, 1.807) is 0 Å². The van der Waals surface area contributed by atoms with Crippen molar-refractivity contribution in [3.05, 3.63) is 15.6 Å². The third kappa shape index (κ3) is 2.80. The minimum Gasteiger partial charge on any atom is -0.345 e. The van der Waals surface area contributed by atoms with Crippen LogP contribution in [0.1, 0.15) is 41.1 Å². The lowest BCUT2D eigenvalue weighted by molar-refractivity contribution is 0.0919. The van der Waals surface area contributed by atoms with Gasteiger partial charge in [0.1, 0.15) is 0 Å². The number of carbonyl (C=O) groups is 1. The Morgan fingerprint density at radius 1 is 1.36 bits per heavy atom. The highest BCUT2D eigenvalue weighted by atomic mass is 32.1. The molecule has 0 bridgehead atoms. The summed E-state index contributed by atoms with van der Waals surface area (Å²) in [6.07, 6.45) is 0. The number of nitrogens with one attached hydrogen (secondary N) is 1. The highest BCUT2D eigenvalue weighted by Crippen LogP contribution is 2.16. The van der Waals surface area contributed by atoms with Crippen LogP contribution in [0.3, 0.4) is 0 Å². The molecule has 0 spiro atoms. The number of hydrogen-bond donors (Lipinski definition) is 1. The Hall–Kier alpha value is -0.900. The maximum absolute atomic E-state index is 11.7. The summed E-state index contributed by atoms with van der Waals surface area (Å²) < 4.78 is 0. The Kier molecular flexibility index (Phi) is 2.95. The summed E-state index contributed by atoms with van der Waals surface area (Å²) in [4.78, 5) is 17.0. The molecule has 3 nitrogen and oxygen atoms in total. The molecule has 1 aromatic heterocycles. The van der Waals surface area contributed by atoms with E-state index in [4.69, 9.17) is 0 Å². The van der Waals surface area contributed by atoms with Crippen LogP contribution in [0.4, 0.5) is 0 Å². The summed E-state index contributed by atoms with van der Waals surface area (Å²) in [6, 6.07) is 0. The zero-order valence-corrected chi connectivity index (χ0v) is 10.1. The van der Waals surface area contributed by atoms with Gasteiger partial charge in [0.15, 0.2) is 5.01 Å². The summed E-state index contributed by atoms with van der Waals surface area (Å²) in [7, 11) is 0. The third-order valence-electron chi connectivity index (χ3n) is 1.71. The summed E-state index contributed by atoms with van der Waals surface area (Å²) in [5.41, 5.74) is 0.735. The molecule has 1 rings (SSSR count). The molecule has 0 aliphatic heterocycles. The number of rotatable bonds is 1. The van der Waals surface area contributed by atoms with E-state index in [1.165, 1.54) is 11.3 Å². The van der Waals surface area contributed by atoms with Crippen LogP contribution in [-0.4, -0.2) is 16.4 Å². The lowest BCUT2D eigenvalue weighted by atomic mass is 10.1. The number of aryl methyl sites for hydroxylation is 2. The summed E-state index contributed by atoms with van der Waals surface area (Å²) in [6.45, 7) is 9.76. The molecule has 0 fully saturated rings. The molecule has 14 heavy (non-hydrogen) atoms. The van der Waals surface area contributed by atoms with Crippen LogP contribution in [0, 0.1) is 13.8 Å². The number of hydrogen-bond acceptors (Lipinski definition) is 3. The predicted molar refractivity (Wildman–Crippen MR) is 58.8 cm³/mol. The van der Waals surface area contributed by atoms with Crippen LogP contribution in [0.2, 0.25) is 0 Å². The normalized spacial score (nSPS) is 11.5. The smallest absolute Gasteiger partial charge is 0.280 e. The third-order valence-corrected chi connectivity index (χ3v) is 2.78. The van der Waals surface area contributed by atoms with Crippen molar-refractivity contribution in [1.82, 2.24) is 10.3 Å². The summed E-state index contributed by atoms with van der Waals surface area (Å²) >= 11 is 1.44. The van der Waals surface area contributed by atoms with Gasteiger partial charge in [0.2, 0.25) is 0 Å². The molecule has 1 aromatic rings. The van der Waals surface area contributed by atoms with Crippen molar-refractivity contribution in [3.8, 4) is 0 Å². The van der Waals surface area contributed by atoms with Crippen LogP contribution in [0.25, 0.3) is 0 Å². The average Bonchev–Trinajstić information content (AvgIpc) is 2.28. The lowest BCUT2D eigenvalue weighted by Gasteiger charge is -2.19. The highest BCUT2D eigenvalue weighted by Gasteiger charge is 2.18. The quantitative estimate of drug-likeness (QED) is 0.776. The monoisotopic (exact) mass is 212 g/mol. The van der Waals surface area contributed by atoms with Gasteiger partial charge in [0.25, 0.3) is 5.91 Å². The molecule has 0 radical (unpaired) electrons. The topological polar surface area (TPSA) is 42.0 Å². The van der Waals surface area contributed by atoms with Gasteiger partial charge in [0, 0.05) is 10.4 Å². The fourth-order valence-corrected chi connectivity index (χ4v) is 1.77. The van der Waals surface area contributed by atoms with Gasteiger partial charge in [-0.25, -0.2) is 4.98 Å². The number of carbonyl (C=O) groups excluding carboxylic acids is 1. The summed E-state index contributed by atoms with van der Waals surface area (Å²) in [5.74, 6) is -0.0845. The minimum absolute atomic E-state index is 0.0845.